The van der Waals surface area contributed by atoms with Crippen molar-refractivity contribution in [2.45, 2.75) is 32.1 Å². The first-order valence-corrected chi connectivity index (χ1v) is 8.14. The van der Waals surface area contributed by atoms with Crippen LogP contribution in [0.2, 0.25) is 0 Å². The van der Waals surface area contributed by atoms with Crippen molar-refractivity contribution in [1.29, 1.82) is 0 Å². The van der Waals surface area contributed by atoms with Gasteiger partial charge in [0, 0.05) is 31.0 Å². The van der Waals surface area contributed by atoms with Crippen LogP contribution in [-0.2, 0) is 0 Å². The molecule has 20 heavy (non-hydrogen) atoms. The zero-order valence-electron chi connectivity index (χ0n) is 12.4. The molecule has 0 aliphatic carbocycles. The number of piperidine rings is 2. The van der Waals surface area contributed by atoms with Crippen LogP contribution in [-0.4, -0.2) is 37.6 Å². The van der Waals surface area contributed by atoms with E-state index < -0.39 is 0 Å². The average Bonchev–Trinajstić information content (AvgIpc) is 2.50. The second-order valence-corrected chi connectivity index (χ2v) is 6.38. The van der Waals surface area contributed by atoms with Crippen LogP contribution in [0.3, 0.4) is 0 Å². The molecule has 0 radical (unpaired) electrons. The van der Waals surface area contributed by atoms with Crippen molar-refractivity contribution in [1.82, 2.24) is 4.90 Å². The monoisotopic (exact) mass is 273 g/mol. The Morgan fingerprint density at radius 1 is 0.900 bits per heavy atom. The molecule has 110 valence electrons. The van der Waals surface area contributed by atoms with Gasteiger partial charge in [-0.05, 0) is 69.0 Å². The number of hydrogen-bond donors (Lipinski definition) is 1. The Morgan fingerprint density at radius 2 is 1.55 bits per heavy atom. The van der Waals surface area contributed by atoms with E-state index in [1.807, 2.05) is 12.1 Å². The topological polar surface area (TPSA) is 32.5 Å². The van der Waals surface area contributed by atoms with Crippen LogP contribution >= 0.6 is 0 Å². The molecule has 2 fully saturated rings. The third-order valence-electron chi connectivity index (χ3n) is 4.84. The summed E-state index contributed by atoms with van der Waals surface area (Å²) < 4.78 is 0. The van der Waals surface area contributed by atoms with Crippen molar-refractivity contribution in [2.75, 3.05) is 43.4 Å². The number of nitrogens with two attached hydrogens (primary N) is 1. The third-order valence-corrected chi connectivity index (χ3v) is 4.84. The van der Waals surface area contributed by atoms with Crippen molar-refractivity contribution in [2.24, 2.45) is 5.92 Å². The molecule has 0 amide bonds. The SMILES string of the molecule is Nc1ccc(N2CCC(CN3CCCCC3)CC2)cc1. The van der Waals surface area contributed by atoms with Gasteiger partial charge in [-0.2, -0.15) is 0 Å². The van der Waals surface area contributed by atoms with Crippen LogP contribution in [0.1, 0.15) is 32.1 Å². The van der Waals surface area contributed by atoms with Gasteiger partial charge in [0.05, 0.1) is 0 Å². The Balaban J connectivity index is 1.47. The van der Waals surface area contributed by atoms with Gasteiger partial charge in [-0.1, -0.05) is 6.42 Å². The second kappa shape index (κ2) is 6.49. The van der Waals surface area contributed by atoms with E-state index >= 15 is 0 Å². The second-order valence-electron chi connectivity index (χ2n) is 6.38. The normalized spacial score (nSPS) is 22.1. The van der Waals surface area contributed by atoms with Crippen molar-refractivity contribution in [3.63, 3.8) is 0 Å². The summed E-state index contributed by atoms with van der Waals surface area (Å²) in [5, 5.41) is 0. The fraction of sp³-hybridized carbons (Fsp3) is 0.647. The number of nitrogen functional groups attached to an aromatic ring is 1. The fourth-order valence-corrected chi connectivity index (χ4v) is 3.57. The van der Waals surface area contributed by atoms with Crippen molar-refractivity contribution < 1.29 is 0 Å². The molecule has 0 spiro atoms. The van der Waals surface area contributed by atoms with Gasteiger partial charge < -0.3 is 15.5 Å². The van der Waals surface area contributed by atoms with Gasteiger partial charge in [0.15, 0.2) is 0 Å². The van der Waals surface area contributed by atoms with Gasteiger partial charge in [0.2, 0.25) is 0 Å². The lowest BCUT2D eigenvalue weighted by molar-refractivity contribution is 0.181. The first kappa shape index (κ1) is 13.7. The summed E-state index contributed by atoms with van der Waals surface area (Å²) in [5.41, 5.74) is 7.94. The highest BCUT2D eigenvalue weighted by molar-refractivity contribution is 5.53. The van der Waals surface area contributed by atoms with E-state index in [-0.39, 0.29) is 0 Å². The minimum absolute atomic E-state index is 0.855. The lowest BCUT2D eigenvalue weighted by atomic mass is 9.95. The number of nitrogens with zero attached hydrogens (tertiary/aromatic N) is 2. The molecule has 0 aromatic heterocycles. The number of hydrogen-bond acceptors (Lipinski definition) is 3. The van der Waals surface area contributed by atoms with Gasteiger partial charge in [-0.15, -0.1) is 0 Å². The summed E-state index contributed by atoms with van der Waals surface area (Å²) in [7, 11) is 0. The van der Waals surface area contributed by atoms with Crippen LogP contribution in [0.25, 0.3) is 0 Å². The van der Waals surface area contributed by atoms with E-state index in [2.05, 4.69) is 21.9 Å². The van der Waals surface area contributed by atoms with Crippen molar-refractivity contribution in [3.8, 4) is 0 Å². The van der Waals surface area contributed by atoms with Crippen LogP contribution in [0, 0.1) is 5.92 Å². The maximum atomic E-state index is 5.76. The highest BCUT2D eigenvalue weighted by Gasteiger charge is 2.22. The molecular weight excluding hydrogens is 246 g/mol. The van der Waals surface area contributed by atoms with Crippen molar-refractivity contribution >= 4 is 11.4 Å². The molecule has 1 aromatic rings. The largest absolute Gasteiger partial charge is 0.399 e. The van der Waals surface area contributed by atoms with Crippen LogP contribution in [0.15, 0.2) is 24.3 Å². The van der Waals surface area contributed by atoms with Crippen LogP contribution in [0.4, 0.5) is 11.4 Å². The van der Waals surface area contributed by atoms with E-state index in [9.17, 15) is 0 Å². The van der Waals surface area contributed by atoms with E-state index in [1.54, 1.807) is 0 Å². The molecule has 1 aromatic carbocycles. The Morgan fingerprint density at radius 3 is 2.20 bits per heavy atom. The van der Waals surface area contributed by atoms with E-state index in [4.69, 9.17) is 5.73 Å². The molecule has 3 rings (SSSR count). The van der Waals surface area contributed by atoms with Gasteiger partial charge in [0.25, 0.3) is 0 Å². The standard InChI is InChI=1S/C17H27N3/c18-16-4-6-17(7-5-16)20-12-8-15(9-13-20)14-19-10-2-1-3-11-19/h4-7,15H,1-3,8-14,18H2. The zero-order valence-corrected chi connectivity index (χ0v) is 12.4. The molecular formula is C17H27N3. The Hall–Kier alpha value is -1.22. The number of anilines is 2. The van der Waals surface area contributed by atoms with Gasteiger partial charge in [-0.25, -0.2) is 0 Å². The number of benzene rings is 1. The first-order chi connectivity index (χ1) is 9.81. The van der Waals surface area contributed by atoms with Crippen LogP contribution in [0.5, 0.6) is 0 Å². The lowest BCUT2D eigenvalue weighted by Gasteiger charge is -2.37. The Labute approximate surface area is 122 Å². The summed E-state index contributed by atoms with van der Waals surface area (Å²) in [6, 6.07) is 8.32. The zero-order chi connectivity index (χ0) is 13.8. The van der Waals surface area contributed by atoms with E-state index in [1.165, 1.54) is 70.5 Å². The molecule has 2 heterocycles. The molecule has 3 nitrogen and oxygen atoms in total. The Kier molecular flexibility index (Phi) is 4.46. The highest BCUT2D eigenvalue weighted by atomic mass is 15.2. The van der Waals surface area contributed by atoms with Gasteiger partial charge >= 0.3 is 0 Å². The molecule has 2 aliphatic heterocycles. The minimum atomic E-state index is 0.855. The smallest absolute Gasteiger partial charge is 0.0367 e. The molecule has 2 saturated heterocycles. The Bertz CT molecular complexity index is 401. The summed E-state index contributed by atoms with van der Waals surface area (Å²) in [4.78, 5) is 5.19. The quantitative estimate of drug-likeness (QED) is 0.859. The summed E-state index contributed by atoms with van der Waals surface area (Å²) in [5.74, 6) is 0.901. The summed E-state index contributed by atoms with van der Waals surface area (Å²) >= 11 is 0. The van der Waals surface area contributed by atoms with Crippen LogP contribution < -0.4 is 10.6 Å². The molecule has 0 atom stereocenters. The fourth-order valence-electron chi connectivity index (χ4n) is 3.57. The molecule has 0 saturated carbocycles. The third kappa shape index (κ3) is 3.45. The molecule has 2 aliphatic rings. The lowest BCUT2D eigenvalue weighted by Crippen LogP contribution is -2.40. The minimum Gasteiger partial charge on any atom is -0.399 e. The van der Waals surface area contributed by atoms with E-state index in [0.717, 1.165) is 11.6 Å². The van der Waals surface area contributed by atoms with Crippen molar-refractivity contribution in [3.05, 3.63) is 24.3 Å². The maximum Gasteiger partial charge on any atom is 0.0367 e. The first-order valence-electron chi connectivity index (χ1n) is 8.14. The summed E-state index contributed by atoms with van der Waals surface area (Å²) in [6.07, 6.45) is 6.92. The predicted molar refractivity (Wildman–Crippen MR) is 86.1 cm³/mol. The molecule has 0 bridgehead atoms. The predicted octanol–water partition coefficient (Wildman–Crippen LogP) is 2.97. The molecule has 3 heteroatoms. The molecule has 2 N–H and O–H groups in total. The number of likely N-dealkylation sites (tertiary alicyclic amines) is 1. The maximum absolute atomic E-state index is 5.76. The van der Waals surface area contributed by atoms with Gasteiger partial charge in [-0.3, -0.25) is 0 Å². The van der Waals surface area contributed by atoms with E-state index in [0.29, 0.717) is 0 Å². The molecule has 0 unspecified atom stereocenters. The average molecular weight is 273 g/mol. The highest BCUT2D eigenvalue weighted by Crippen LogP contribution is 2.25. The summed E-state index contributed by atoms with van der Waals surface area (Å²) in [6.45, 7) is 6.39. The van der Waals surface area contributed by atoms with Gasteiger partial charge in [0.1, 0.15) is 0 Å². The number of rotatable bonds is 3.